The van der Waals surface area contributed by atoms with Crippen molar-refractivity contribution in [3.63, 3.8) is 0 Å². The predicted octanol–water partition coefficient (Wildman–Crippen LogP) is 3.06. The largest absolute Gasteiger partial charge is 0.462 e. The fourth-order valence-corrected chi connectivity index (χ4v) is 5.52. The van der Waals surface area contributed by atoms with Crippen LogP contribution in [-0.4, -0.2) is 35.8 Å². The molecule has 1 fully saturated rings. The van der Waals surface area contributed by atoms with E-state index in [1.165, 1.54) is 0 Å². The van der Waals surface area contributed by atoms with Crippen LogP contribution in [0.25, 0.3) is 11.3 Å². The van der Waals surface area contributed by atoms with Gasteiger partial charge in [0.1, 0.15) is 12.1 Å². The summed E-state index contributed by atoms with van der Waals surface area (Å²) in [6.45, 7) is 0.137. The van der Waals surface area contributed by atoms with E-state index in [1.807, 2.05) is 12.1 Å². The lowest BCUT2D eigenvalue weighted by atomic mass is 9.59. The maximum atomic E-state index is 8.88. The third-order valence-corrected chi connectivity index (χ3v) is 6.79. The van der Waals surface area contributed by atoms with Gasteiger partial charge >= 0.3 is 0 Å². The number of ether oxygens (including phenoxy) is 2. The first-order chi connectivity index (χ1) is 14.3. The maximum Gasteiger partial charge on any atom is 0.283 e. The number of fused-ring (bicyclic) bond motifs is 3. The van der Waals surface area contributed by atoms with Crippen LogP contribution in [0.2, 0.25) is 0 Å². The Morgan fingerprint density at radius 1 is 1.36 bits per heavy atom. The summed E-state index contributed by atoms with van der Waals surface area (Å²) in [7, 11) is 1.75. The van der Waals surface area contributed by atoms with Gasteiger partial charge in [0.25, 0.3) is 6.02 Å². The minimum absolute atomic E-state index is 0.0846. The molecule has 4 atom stereocenters. The summed E-state index contributed by atoms with van der Waals surface area (Å²) < 4.78 is 29.0. The van der Waals surface area contributed by atoms with Crippen LogP contribution in [0.1, 0.15) is 40.1 Å². The first-order valence-electron chi connectivity index (χ1n) is 10.8. The highest BCUT2D eigenvalue weighted by Gasteiger charge is 2.62. The molecule has 2 heterocycles. The van der Waals surface area contributed by atoms with Gasteiger partial charge in [0.2, 0.25) is 0 Å². The minimum Gasteiger partial charge on any atom is -0.462 e. The molecule has 0 bridgehead atoms. The molecule has 1 aliphatic heterocycles. The van der Waals surface area contributed by atoms with E-state index in [0.717, 1.165) is 48.1 Å². The number of aliphatic imine (C=N–C) groups is 1. The normalized spacial score (nSPS) is 36.6. The van der Waals surface area contributed by atoms with Crippen LogP contribution < -0.4 is 5.73 Å². The van der Waals surface area contributed by atoms with Crippen molar-refractivity contribution < 1.29 is 12.2 Å². The second-order valence-electron chi connectivity index (χ2n) is 8.28. The summed E-state index contributed by atoms with van der Waals surface area (Å²) in [5.41, 5.74) is 7.94. The van der Waals surface area contributed by atoms with Gasteiger partial charge < -0.3 is 15.2 Å². The number of hydrogen-bond acceptors (Lipinski definition) is 6. The minimum atomic E-state index is -2.04. The van der Waals surface area contributed by atoms with Crippen molar-refractivity contribution >= 4 is 6.02 Å². The van der Waals surface area contributed by atoms with Crippen LogP contribution in [0.5, 0.6) is 0 Å². The number of hydrogen-bond donors (Lipinski definition) is 1. The van der Waals surface area contributed by atoms with Gasteiger partial charge in [0, 0.05) is 30.5 Å². The molecule has 28 heavy (non-hydrogen) atoms. The monoisotopic (exact) mass is 380 g/mol. The molecule has 146 valence electrons. The van der Waals surface area contributed by atoms with Gasteiger partial charge in [-0.05, 0) is 48.8 Å². The Morgan fingerprint density at radius 2 is 2.25 bits per heavy atom. The Morgan fingerprint density at radius 3 is 2.93 bits per heavy atom. The van der Waals surface area contributed by atoms with Crippen LogP contribution in [0, 0.1) is 11.3 Å². The lowest BCUT2D eigenvalue weighted by Gasteiger charge is -2.47. The molecule has 2 aromatic rings. The summed E-state index contributed by atoms with van der Waals surface area (Å²) in [5, 5.41) is 0. The molecule has 5 rings (SSSR count). The predicted molar refractivity (Wildman–Crippen MR) is 107 cm³/mol. The molecular formula is C22H26N4O2. The van der Waals surface area contributed by atoms with E-state index in [2.05, 4.69) is 23.0 Å². The SMILES string of the molecule is [2H]C1([2H])OC(N)=N[C@@]12c1cc(-c3cnccn3)ccc1C[C@]21CC[C@@H](OC)[C@H](C)C1. The molecule has 3 aliphatic rings. The molecule has 0 unspecified atom stereocenters. The highest BCUT2D eigenvalue weighted by atomic mass is 16.5. The van der Waals surface area contributed by atoms with Gasteiger partial charge in [-0.1, -0.05) is 19.1 Å². The van der Waals surface area contributed by atoms with E-state index < -0.39 is 17.5 Å². The van der Waals surface area contributed by atoms with Gasteiger partial charge in [0.05, 0.1) is 20.7 Å². The Balaban J connectivity index is 1.70. The van der Waals surface area contributed by atoms with E-state index >= 15 is 0 Å². The number of rotatable bonds is 2. The van der Waals surface area contributed by atoms with E-state index in [4.69, 9.17) is 22.9 Å². The number of nitrogens with two attached hydrogens (primary N) is 1. The van der Waals surface area contributed by atoms with Gasteiger partial charge in [-0.25, -0.2) is 4.99 Å². The van der Waals surface area contributed by atoms with Crippen molar-refractivity contribution in [1.29, 1.82) is 0 Å². The number of amidine groups is 1. The Labute approximate surface area is 168 Å². The van der Waals surface area contributed by atoms with Crippen molar-refractivity contribution in [2.24, 2.45) is 22.1 Å². The fraction of sp³-hybridized carbons (Fsp3) is 0.500. The first kappa shape index (κ1) is 15.5. The van der Waals surface area contributed by atoms with Gasteiger partial charge in [-0.15, -0.1) is 0 Å². The Hall–Kier alpha value is -2.47. The van der Waals surface area contributed by atoms with Crippen LogP contribution in [0.4, 0.5) is 0 Å². The number of aromatic nitrogens is 2. The van der Waals surface area contributed by atoms with Crippen LogP contribution in [0.3, 0.4) is 0 Å². The summed E-state index contributed by atoms with van der Waals surface area (Å²) in [4.78, 5) is 13.3. The van der Waals surface area contributed by atoms with Crippen LogP contribution >= 0.6 is 0 Å². The van der Waals surface area contributed by atoms with Crippen molar-refractivity contribution in [3.05, 3.63) is 47.9 Å². The third kappa shape index (κ3) is 2.40. The zero-order valence-electron chi connectivity index (χ0n) is 18.2. The topological polar surface area (TPSA) is 82.6 Å². The van der Waals surface area contributed by atoms with Crippen molar-refractivity contribution in [3.8, 4) is 11.3 Å². The lowest BCUT2D eigenvalue weighted by molar-refractivity contribution is -0.0445. The van der Waals surface area contributed by atoms with E-state index in [1.54, 1.807) is 25.7 Å². The zero-order valence-corrected chi connectivity index (χ0v) is 16.2. The molecule has 1 saturated carbocycles. The summed E-state index contributed by atoms with van der Waals surface area (Å²) >= 11 is 0. The molecule has 2 N–H and O–H groups in total. The van der Waals surface area contributed by atoms with E-state index in [0.29, 0.717) is 0 Å². The number of methoxy groups -OCH3 is 1. The molecule has 6 heteroatoms. The number of benzene rings is 1. The van der Waals surface area contributed by atoms with Crippen molar-refractivity contribution in [2.45, 2.75) is 44.2 Å². The Kier molecular flexibility index (Phi) is 3.46. The smallest absolute Gasteiger partial charge is 0.283 e. The highest BCUT2D eigenvalue weighted by Crippen LogP contribution is 2.62. The quantitative estimate of drug-likeness (QED) is 0.866. The molecule has 1 aromatic carbocycles. The molecule has 0 radical (unpaired) electrons. The van der Waals surface area contributed by atoms with Crippen molar-refractivity contribution in [1.82, 2.24) is 9.97 Å². The molecule has 2 spiro atoms. The molecule has 6 nitrogen and oxygen atoms in total. The molecule has 2 aliphatic carbocycles. The maximum absolute atomic E-state index is 8.88. The van der Waals surface area contributed by atoms with Gasteiger partial charge in [0.15, 0.2) is 0 Å². The average molecular weight is 380 g/mol. The molecule has 1 aromatic heterocycles. The zero-order chi connectivity index (χ0) is 21.1. The van der Waals surface area contributed by atoms with Crippen LogP contribution in [-0.2, 0) is 21.4 Å². The summed E-state index contributed by atoms with van der Waals surface area (Å²) in [6.07, 6.45) is 8.35. The number of nitrogens with zero attached hydrogens (tertiary/aromatic N) is 3. The lowest BCUT2D eigenvalue weighted by Crippen LogP contribution is -2.48. The van der Waals surface area contributed by atoms with Crippen LogP contribution in [0.15, 0.2) is 41.8 Å². The van der Waals surface area contributed by atoms with E-state index in [-0.39, 0.29) is 18.0 Å². The Bertz CT molecular complexity index is 1020. The van der Waals surface area contributed by atoms with Gasteiger partial charge in [-0.3, -0.25) is 9.97 Å². The van der Waals surface area contributed by atoms with E-state index in [9.17, 15) is 0 Å². The third-order valence-electron chi connectivity index (χ3n) is 6.79. The van der Waals surface area contributed by atoms with Gasteiger partial charge in [-0.2, -0.15) is 0 Å². The second kappa shape index (κ2) is 6.27. The fourth-order valence-electron chi connectivity index (χ4n) is 5.52. The molecule has 0 amide bonds. The van der Waals surface area contributed by atoms with Crippen molar-refractivity contribution in [2.75, 3.05) is 13.7 Å². The summed E-state index contributed by atoms with van der Waals surface area (Å²) in [6, 6.07) is 6.02. The average Bonchev–Trinajstić information content (AvgIpc) is 3.13. The first-order valence-corrected chi connectivity index (χ1v) is 9.79. The summed E-state index contributed by atoms with van der Waals surface area (Å²) in [5.74, 6) is 0.280. The second-order valence-corrected chi connectivity index (χ2v) is 8.28. The highest BCUT2D eigenvalue weighted by molar-refractivity contribution is 5.75. The molecular weight excluding hydrogens is 352 g/mol. The standard InChI is InChI=1S/C22H26N4O2/c1-14-10-21(6-5-19(14)27-2)11-16-4-3-15(18-12-24-7-8-25-18)9-17(16)22(21)13-28-20(23)26-22/h3-4,7-9,12,14,19H,5-6,10-11,13H2,1-2H3,(H2,23,26)/t14-,19-,21-,22-/m1/s1/i13D2. The molecule has 0 saturated heterocycles.